The normalized spacial score (nSPS) is 17.6. The molecule has 0 radical (unpaired) electrons. The molecule has 1 aliphatic carbocycles. The maximum Gasteiger partial charge on any atom is 0.0880 e. The molecule has 0 atom stereocenters. The topological polar surface area (TPSA) is 12.9 Å². The van der Waals surface area contributed by atoms with Crippen molar-refractivity contribution in [3.8, 4) is 11.3 Å². The molecule has 0 aliphatic heterocycles. The molecule has 0 saturated heterocycles. The summed E-state index contributed by atoms with van der Waals surface area (Å²) in [6, 6.07) is 12.8. The summed E-state index contributed by atoms with van der Waals surface area (Å²) in [6.07, 6.45) is 4.48. The highest BCUT2D eigenvalue weighted by Crippen LogP contribution is 2.54. The van der Waals surface area contributed by atoms with Crippen molar-refractivity contribution < 1.29 is 0 Å². The zero-order chi connectivity index (χ0) is 20.6. The molecule has 1 aliphatic rings. The molecule has 4 aromatic rings. The summed E-state index contributed by atoms with van der Waals surface area (Å²) in [5, 5.41) is 2.81. The highest BCUT2D eigenvalue weighted by atomic mass is 32.1. The Morgan fingerprint density at radius 1 is 0.793 bits per heavy atom. The van der Waals surface area contributed by atoms with Gasteiger partial charge in [0.1, 0.15) is 0 Å². The fraction of sp³-hybridized carbons (Fsp3) is 0.370. The number of rotatable bonds is 1. The molecule has 0 saturated carbocycles. The Morgan fingerprint density at radius 3 is 2.14 bits per heavy atom. The van der Waals surface area contributed by atoms with E-state index in [1.165, 1.54) is 49.7 Å². The zero-order valence-corrected chi connectivity index (χ0v) is 19.1. The molecule has 1 nitrogen and oxygen atoms in total. The Bertz CT molecular complexity index is 1260. The second-order valence-corrected chi connectivity index (χ2v) is 11.0. The van der Waals surface area contributed by atoms with Crippen molar-refractivity contribution in [1.82, 2.24) is 4.98 Å². The smallest absolute Gasteiger partial charge is 0.0880 e. The van der Waals surface area contributed by atoms with Gasteiger partial charge in [-0.05, 0) is 65.8 Å². The summed E-state index contributed by atoms with van der Waals surface area (Å²) >= 11 is 1.96. The van der Waals surface area contributed by atoms with Crippen LogP contribution in [0.3, 0.4) is 0 Å². The lowest BCUT2D eigenvalue weighted by Gasteiger charge is -2.43. The first-order valence-electron chi connectivity index (χ1n) is 10.6. The molecular formula is C27H29NS. The monoisotopic (exact) mass is 399 g/mol. The van der Waals surface area contributed by atoms with Crippen LogP contribution in [0.2, 0.25) is 0 Å². The van der Waals surface area contributed by atoms with Crippen LogP contribution in [-0.2, 0) is 10.8 Å². The van der Waals surface area contributed by atoms with E-state index in [-0.39, 0.29) is 10.8 Å². The van der Waals surface area contributed by atoms with Gasteiger partial charge in [0, 0.05) is 27.2 Å². The number of fused-ring (bicyclic) bond motifs is 5. The summed E-state index contributed by atoms with van der Waals surface area (Å²) in [5.41, 5.74) is 8.86. The number of hydrogen-bond acceptors (Lipinski definition) is 2. The molecule has 0 fully saturated rings. The van der Waals surface area contributed by atoms with Crippen molar-refractivity contribution in [2.45, 2.75) is 65.2 Å². The lowest BCUT2D eigenvalue weighted by molar-refractivity contribution is 0.333. The maximum atomic E-state index is 4.81. The Kier molecular flexibility index (Phi) is 3.99. The summed E-state index contributed by atoms with van der Waals surface area (Å²) in [6.45, 7) is 14.4. The number of aryl methyl sites for hydroxylation is 1. The maximum absolute atomic E-state index is 4.81. The predicted octanol–water partition coefficient (Wildman–Crippen LogP) is 8.08. The van der Waals surface area contributed by atoms with Crippen molar-refractivity contribution >= 4 is 31.5 Å². The lowest BCUT2D eigenvalue weighted by Crippen LogP contribution is -2.35. The van der Waals surface area contributed by atoms with E-state index >= 15 is 0 Å². The molecule has 0 spiro atoms. The fourth-order valence-corrected chi connectivity index (χ4v) is 7.01. The quantitative estimate of drug-likeness (QED) is 0.315. The van der Waals surface area contributed by atoms with E-state index in [2.05, 4.69) is 77.9 Å². The third-order valence-electron chi connectivity index (χ3n) is 7.17. The molecule has 0 unspecified atom stereocenters. The average molecular weight is 400 g/mol. The first-order valence-corrected chi connectivity index (χ1v) is 11.4. The minimum Gasteiger partial charge on any atom is -0.255 e. The molecule has 2 heteroatoms. The van der Waals surface area contributed by atoms with E-state index in [1.807, 2.05) is 17.5 Å². The molecule has 2 aromatic heterocycles. The average Bonchev–Trinajstić information content (AvgIpc) is 3.08. The second-order valence-electron chi connectivity index (χ2n) is 9.98. The number of hydrogen-bond donors (Lipinski definition) is 0. The lowest BCUT2D eigenvalue weighted by atomic mass is 9.61. The van der Waals surface area contributed by atoms with Crippen LogP contribution < -0.4 is 0 Å². The molecule has 5 rings (SSSR count). The minimum atomic E-state index is 0.197. The third kappa shape index (κ3) is 2.61. The predicted molar refractivity (Wildman–Crippen MR) is 127 cm³/mol. The molecule has 0 bridgehead atoms. The van der Waals surface area contributed by atoms with Crippen LogP contribution >= 0.6 is 11.3 Å². The van der Waals surface area contributed by atoms with Crippen molar-refractivity contribution in [2.75, 3.05) is 0 Å². The highest BCUT2D eigenvalue weighted by molar-refractivity contribution is 7.26. The van der Waals surface area contributed by atoms with Gasteiger partial charge in [-0.1, -0.05) is 58.0 Å². The molecule has 0 N–H and O–H groups in total. The first kappa shape index (κ1) is 18.8. The Morgan fingerprint density at radius 2 is 1.45 bits per heavy atom. The van der Waals surface area contributed by atoms with Crippen molar-refractivity contribution in [1.29, 1.82) is 0 Å². The van der Waals surface area contributed by atoms with E-state index in [9.17, 15) is 0 Å². The Labute approximate surface area is 177 Å². The molecule has 2 aromatic carbocycles. The van der Waals surface area contributed by atoms with Gasteiger partial charge in [0.05, 0.1) is 10.4 Å². The second kappa shape index (κ2) is 6.15. The van der Waals surface area contributed by atoms with Crippen molar-refractivity contribution in [3.05, 3.63) is 64.8 Å². The van der Waals surface area contributed by atoms with Gasteiger partial charge in [-0.15, -0.1) is 11.3 Å². The molecular weight excluding hydrogens is 370 g/mol. The van der Waals surface area contributed by atoms with E-state index < -0.39 is 0 Å². The molecule has 2 heterocycles. The van der Waals surface area contributed by atoms with Crippen LogP contribution in [0.4, 0.5) is 0 Å². The van der Waals surface area contributed by atoms with Crippen LogP contribution in [0.15, 0.2) is 42.6 Å². The van der Waals surface area contributed by atoms with Gasteiger partial charge in [0.25, 0.3) is 0 Å². The van der Waals surface area contributed by atoms with Gasteiger partial charge >= 0.3 is 0 Å². The molecule has 148 valence electrons. The van der Waals surface area contributed by atoms with Crippen LogP contribution in [0.5, 0.6) is 0 Å². The fourth-order valence-electron chi connectivity index (χ4n) is 5.42. The van der Waals surface area contributed by atoms with Gasteiger partial charge in [-0.3, -0.25) is 4.98 Å². The SMILES string of the molecule is Cc1c2c(c3sc4c(-c5ccccc5)nccc4c3c1C)C(C)(C)CCC2(C)C. The highest BCUT2D eigenvalue weighted by Gasteiger charge is 2.40. The number of pyridine rings is 1. The van der Waals surface area contributed by atoms with E-state index in [0.717, 1.165) is 5.69 Å². The summed E-state index contributed by atoms with van der Waals surface area (Å²) in [4.78, 5) is 4.81. The van der Waals surface area contributed by atoms with Crippen LogP contribution in [0.1, 0.15) is 62.8 Å². The van der Waals surface area contributed by atoms with Crippen molar-refractivity contribution in [2.24, 2.45) is 0 Å². The third-order valence-corrected chi connectivity index (χ3v) is 8.40. The van der Waals surface area contributed by atoms with E-state index in [4.69, 9.17) is 4.98 Å². The molecule has 0 amide bonds. The van der Waals surface area contributed by atoms with Crippen LogP contribution in [0.25, 0.3) is 31.4 Å². The van der Waals surface area contributed by atoms with Gasteiger partial charge in [0.2, 0.25) is 0 Å². The van der Waals surface area contributed by atoms with E-state index in [1.54, 1.807) is 11.1 Å². The number of thiophene rings is 1. The minimum absolute atomic E-state index is 0.197. The van der Waals surface area contributed by atoms with Gasteiger partial charge < -0.3 is 0 Å². The van der Waals surface area contributed by atoms with Gasteiger partial charge in [-0.25, -0.2) is 0 Å². The largest absolute Gasteiger partial charge is 0.255 e. The summed E-state index contributed by atoms with van der Waals surface area (Å²) < 4.78 is 2.81. The van der Waals surface area contributed by atoms with Gasteiger partial charge in [0.15, 0.2) is 0 Å². The number of benzene rings is 2. The number of nitrogens with zero attached hydrogens (tertiary/aromatic N) is 1. The van der Waals surface area contributed by atoms with Crippen molar-refractivity contribution in [3.63, 3.8) is 0 Å². The van der Waals surface area contributed by atoms with E-state index in [0.29, 0.717) is 0 Å². The van der Waals surface area contributed by atoms with Crippen LogP contribution in [-0.4, -0.2) is 4.98 Å². The summed E-state index contributed by atoms with van der Waals surface area (Å²) in [5.74, 6) is 0. The number of aromatic nitrogens is 1. The Balaban J connectivity index is 1.98. The van der Waals surface area contributed by atoms with Crippen LogP contribution in [0, 0.1) is 13.8 Å². The van der Waals surface area contributed by atoms with Gasteiger partial charge in [-0.2, -0.15) is 0 Å². The Hall–Kier alpha value is -2.19. The molecule has 29 heavy (non-hydrogen) atoms. The summed E-state index contributed by atoms with van der Waals surface area (Å²) in [7, 11) is 0. The first-order chi connectivity index (χ1) is 13.7. The standard InChI is InChI=1S/C27H29NS/c1-16-17(2)21-22(27(5,6)14-13-26(21,3)4)25-20(16)19-12-15-28-23(24(19)29-25)18-10-8-7-9-11-18/h7-12,15H,13-14H2,1-6H3. The zero-order valence-electron chi connectivity index (χ0n) is 18.3.